The molecule has 0 unspecified atom stereocenters. The number of aromatic nitrogens is 1. The van der Waals surface area contributed by atoms with Crippen LogP contribution in [0.4, 0.5) is 5.13 Å². The number of rotatable bonds is 6. The molecule has 2 amide bonds. The van der Waals surface area contributed by atoms with Gasteiger partial charge in [-0.15, -0.1) is 23.1 Å². The summed E-state index contributed by atoms with van der Waals surface area (Å²) < 4.78 is 0. The Balaban J connectivity index is 1.79. The lowest BCUT2D eigenvalue weighted by Gasteiger charge is -2.49. The van der Waals surface area contributed by atoms with Crippen LogP contribution in [0.1, 0.15) is 5.69 Å². The minimum absolute atomic E-state index is 0.150. The number of hydrogen-bond donors (Lipinski definition) is 4. The number of β-lactam (4-membered cyclic amide) rings is 1. The molecule has 1 saturated heterocycles. The average molecular weight is 413 g/mol. The number of hydrogen-bond acceptors (Lipinski definition) is 10. The second kappa shape index (κ2) is 7.54. The van der Waals surface area contributed by atoms with E-state index in [-0.39, 0.29) is 33.6 Å². The molecule has 3 rings (SSSR count). The number of anilines is 1. The summed E-state index contributed by atoms with van der Waals surface area (Å²) in [6, 6.07) is -0.935. The molecule has 2 atom stereocenters. The van der Waals surface area contributed by atoms with Gasteiger partial charge in [0, 0.05) is 11.1 Å². The first-order valence-electron chi connectivity index (χ1n) is 7.53. The molecule has 27 heavy (non-hydrogen) atoms. The average Bonchev–Trinajstić information content (AvgIpc) is 3.08. The first-order valence-corrected chi connectivity index (χ1v) is 9.46. The topological polar surface area (TPSA) is 167 Å². The van der Waals surface area contributed by atoms with Crippen LogP contribution in [0.5, 0.6) is 0 Å². The van der Waals surface area contributed by atoms with Crippen molar-refractivity contribution >= 4 is 51.7 Å². The Hall–Kier alpha value is -2.64. The van der Waals surface area contributed by atoms with E-state index in [2.05, 4.69) is 20.3 Å². The van der Waals surface area contributed by atoms with Crippen LogP contribution in [0, 0.1) is 0 Å². The number of thioether (sulfide) groups is 1. The molecule has 3 heterocycles. The summed E-state index contributed by atoms with van der Waals surface area (Å²) in [6.45, 7) is -0.460. The summed E-state index contributed by atoms with van der Waals surface area (Å²) in [6.07, 6.45) is 0. The van der Waals surface area contributed by atoms with Gasteiger partial charge in [0.1, 0.15) is 29.9 Å². The lowest BCUT2D eigenvalue weighted by molar-refractivity contribution is -0.150. The molecule has 1 fully saturated rings. The summed E-state index contributed by atoms with van der Waals surface area (Å²) in [5, 5.41) is 26.0. The number of amides is 2. The van der Waals surface area contributed by atoms with Crippen LogP contribution in [-0.4, -0.2) is 74.5 Å². The molecule has 13 heteroatoms. The normalized spacial score (nSPS) is 22.2. The maximum atomic E-state index is 12.6. The smallest absolute Gasteiger partial charge is 0.352 e. The van der Waals surface area contributed by atoms with Gasteiger partial charge in [-0.25, -0.2) is 9.78 Å². The summed E-state index contributed by atoms with van der Waals surface area (Å²) in [7, 11) is 1.26. The quantitative estimate of drug-likeness (QED) is 0.254. The number of oxime groups is 1. The predicted molar refractivity (Wildman–Crippen MR) is 96.8 cm³/mol. The maximum Gasteiger partial charge on any atom is 0.352 e. The molecule has 0 aliphatic carbocycles. The number of nitrogens with one attached hydrogen (secondary N) is 1. The number of fused-ring (bicyclic) bond motifs is 1. The molecule has 0 aromatic carbocycles. The highest BCUT2D eigenvalue weighted by Crippen LogP contribution is 2.40. The van der Waals surface area contributed by atoms with E-state index in [0.717, 1.165) is 16.2 Å². The fourth-order valence-electron chi connectivity index (χ4n) is 2.71. The molecule has 5 N–H and O–H groups in total. The Kier molecular flexibility index (Phi) is 5.34. The van der Waals surface area contributed by atoms with Crippen molar-refractivity contribution in [3.8, 4) is 0 Å². The van der Waals surface area contributed by atoms with E-state index in [4.69, 9.17) is 5.73 Å². The highest BCUT2D eigenvalue weighted by molar-refractivity contribution is 8.00. The zero-order valence-corrected chi connectivity index (χ0v) is 15.5. The van der Waals surface area contributed by atoms with Crippen LogP contribution in [0.15, 0.2) is 21.8 Å². The van der Waals surface area contributed by atoms with Crippen molar-refractivity contribution in [2.24, 2.45) is 5.16 Å². The number of aliphatic carboxylic acids is 1. The van der Waals surface area contributed by atoms with E-state index in [1.165, 1.54) is 24.3 Å². The van der Waals surface area contributed by atoms with Gasteiger partial charge < -0.3 is 26.1 Å². The third kappa shape index (κ3) is 3.36. The molecular weight excluding hydrogens is 398 g/mol. The Morgan fingerprint density at radius 1 is 1.56 bits per heavy atom. The van der Waals surface area contributed by atoms with Gasteiger partial charge in [-0.05, 0) is 5.57 Å². The number of thiazole rings is 1. The van der Waals surface area contributed by atoms with Crippen molar-refractivity contribution in [1.29, 1.82) is 0 Å². The molecule has 2 aliphatic rings. The van der Waals surface area contributed by atoms with E-state index in [1.54, 1.807) is 0 Å². The fourth-order valence-corrected chi connectivity index (χ4v) is 4.59. The summed E-state index contributed by atoms with van der Waals surface area (Å²) in [5.74, 6) is -2.35. The molecule has 144 valence electrons. The Bertz CT molecular complexity index is 866. The molecule has 0 saturated carbocycles. The van der Waals surface area contributed by atoms with Crippen LogP contribution in [0.3, 0.4) is 0 Å². The lowest BCUT2D eigenvalue weighted by Crippen LogP contribution is -2.71. The van der Waals surface area contributed by atoms with Crippen molar-refractivity contribution in [2.75, 3.05) is 25.2 Å². The first kappa shape index (κ1) is 19.1. The number of nitrogens with two attached hydrogens (primary N) is 1. The molecule has 1 aromatic rings. The third-order valence-electron chi connectivity index (χ3n) is 3.89. The van der Waals surface area contributed by atoms with Crippen molar-refractivity contribution in [3.05, 3.63) is 22.3 Å². The van der Waals surface area contributed by atoms with Crippen molar-refractivity contribution in [3.63, 3.8) is 0 Å². The van der Waals surface area contributed by atoms with Crippen LogP contribution in [0.25, 0.3) is 0 Å². The second-order valence-electron chi connectivity index (χ2n) is 5.47. The number of nitrogen functional groups attached to an aromatic ring is 1. The van der Waals surface area contributed by atoms with Crippen molar-refractivity contribution in [2.45, 2.75) is 11.4 Å². The highest BCUT2D eigenvalue weighted by Gasteiger charge is 2.54. The Morgan fingerprint density at radius 2 is 2.30 bits per heavy atom. The van der Waals surface area contributed by atoms with Crippen molar-refractivity contribution < 1.29 is 29.4 Å². The predicted octanol–water partition coefficient (Wildman–Crippen LogP) is -1.19. The van der Waals surface area contributed by atoms with Gasteiger partial charge in [-0.3, -0.25) is 14.5 Å². The SMILES string of the molecule is CON=C(C(=O)N[C@H]1C(=O)N2C(C(=O)O)=C(CO)CS[C@@H]12)c1csc(N)n1. The van der Waals surface area contributed by atoms with Gasteiger partial charge in [0.05, 0.1) is 6.61 Å². The summed E-state index contributed by atoms with van der Waals surface area (Å²) >= 11 is 2.37. The van der Waals surface area contributed by atoms with E-state index >= 15 is 0 Å². The van der Waals surface area contributed by atoms with Gasteiger partial charge in [0.2, 0.25) is 0 Å². The first-order chi connectivity index (χ1) is 12.9. The van der Waals surface area contributed by atoms with Gasteiger partial charge in [-0.2, -0.15) is 0 Å². The number of carboxylic acid groups (broad SMARTS) is 1. The van der Waals surface area contributed by atoms with Crippen LogP contribution in [-0.2, 0) is 19.2 Å². The largest absolute Gasteiger partial charge is 0.477 e. The fraction of sp³-hybridized carbons (Fsp3) is 0.357. The zero-order chi connectivity index (χ0) is 19.7. The molecular formula is C14H15N5O6S2. The number of nitrogens with zero attached hydrogens (tertiary/aromatic N) is 3. The number of carbonyl (C=O) groups excluding carboxylic acids is 2. The third-order valence-corrected chi connectivity index (χ3v) is 5.90. The molecule has 1 aromatic heterocycles. The van der Waals surface area contributed by atoms with Crippen LogP contribution >= 0.6 is 23.1 Å². The van der Waals surface area contributed by atoms with Crippen molar-refractivity contribution in [1.82, 2.24) is 15.2 Å². The summed E-state index contributed by atoms with van der Waals surface area (Å²) in [4.78, 5) is 46.2. The van der Waals surface area contributed by atoms with Crippen LogP contribution < -0.4 is 11.1 Å². The van der Waals surface area contributed by atoms with Gasteiger partial charge in [0.25, 0.3) is 11.8 Å². The molecule has 11 nitrogen and oxygen atoms in total. The van der Waals surface area contributed by atoms with E-state index in [9.17, 15) is 24.6 Å². The van der Waals surface area contributed by atoms with Gasteiger partial charge in [-0.1, -0.05) is 5.16 Å². The Morgan fingerprint density at radius 3 is 2.85 bits per heavy atom. The number of carbonyl (C=O) groups is 3. The number of aliphatic hydroxyl groups excluding tert-OH is 1. The van der Waals surface area contributed by atoms with Gasteiger partial charge >= 0.3 is 5.97 Å². The maximum absolute atomic E-state index is 12.6. The second-order valence-corrected chi connectivity index (χ2v) is 7.46. The standard InChI is InChI=1S/C14H15N5O6S2/c1-25-18-7(6-4-27-14(15)16-6)10(21)17-8-11(22)19-9(13(23)24)5(2-20)3-26-12(8)19/h4,8,12,20H,2-3H2,1H3,(H2,15,16)(H,17,21)(H,23,24)/t8-,12-/m0/s1. The molecule has 0 bridgehead atoms. The zero-order valence-electron chi connectivity index (χ0n) is 13.9. The van der Waals surface area contributed by atoms with E-state index in [0.29, 0.717) is 0 Å². The number of carboxylic acids is 1. The lowest BCUT2D eigenvalue weighted by atomic mass is 10.0. The summed E-state index contributed by atoms with van der Waals surface area (Å²) in [5.41, 5.74) is 5.62. The van der Waals surface area contributed by atoms with Gasteiger partial charge in [0.15, 0.2) is 10.8 Å². The molecule has 2 aliphatic heterocycles. The molecule has 0 radical (unpaired) electrons. The molecule has 0 spiro atoms. The monoisotopic (exact) mass is 413 g/mol. The Labute approximate surface area is 160 Å². The van der Waals surface area contributed by atoms with Crippen LogP contribution in [0.2, 0.25) is 0 Å². The minimum atomic E-state index is -1.30. The highest BCUT2D eigenvalue weighted by atomic mass is 32.2. The van der Waals surface area contributed by atoms with E-state index < -0.39 is 35.8 Å². The minimum Gasteiger partial charge on any atom is -0.477 e. The number of aliphatic hydroxyl groups is 1. The van der Waals surface area contributed by atoms with E-state index in [1.807, 2.05) is 0 Å².